The lowest BCUT2D eigenvalue weighted by Gasteiger charge is -2.37. The molecule has 1 N–H and O–H groups in total. The Bertz CT molecular complexity index is 1090. The van der Waals surface area contributed by atoms with Gasteiger partial charge in [0, 0.05) is 21.9 Å². The standard InChI is InChI=1S/C24H26ClN3O2S/c1-23(2)10-11-24(3,4)19-18(23)27-22(31-19)28(14-15-8-6-5-7-9-15)20-17(25)12-16(13-26-20)21(29)30/h5-9,12-13H,10-11,14H2,1-4H3,(H,29,30). The maximum Gasteiger partial charge on any atom is 0.337 e. The van der Waals surface area contributed by atoms with Crippen LogP contribution < -0.4 is 4.90 Å². The van der Waals surface area contributed by atoms with Crippen molar-refractivity contribution in [3.63, 3.8) is 0 Å². The molecule has 1 aliphatic carbocycles. The van der Waals surface area contributed by atoms with E-state index < -0.39 is 5.97 Å². The van der Waals surface area contributed by atoms with Crippen molar-refractivity contribution in [2.45, 2.75) is 57.9 Å². The second-order valence-electron chi connectivity index (χ2n) is 9.35. The van der Waals surface area contributed by atoms with E-state index >= 15 is 0 Å². The van der Waals surface area contributed by atoms with Crippen LogP contribution in [0.3, 0.4) is 0 Å². The molecule has 3 aromatic rings. The molecule has 0 bridgehead atoms. The number of benzene rings is 1. The number of fused-ring (bicyclic) bond motifs is 1. The second-order valence-corrected chi connectivity index (χ2v) is 10.7. The molecule has 0 fully saturated rings. The first-order valence-corrected chi connectivity index (χ1v) is 11.5. The van der Waals surface area contributed by atoms with E-state index in [0.29, 0.717) is 17.4 Å². The Labute approximate surface area is 191 Å². The van der Waals surface area contributed by atoms with Crippen molar-refractivity contribution in [2.75, 3.05) is 4.90 Å². The van der Waals surface area contributed by atoms with Gasteiger partial charge in [0.15, 0.2) is 10.9 Å². The highest BCUT2D eigenvalue weighted by Gasteiger charge is 2.41. The maximum absolute atomic E-state index is 11.3. The Morgan fingerprint density at radius 1 is 1.16 bits per heavy atom. The van der Waals surface area contributed by atoms with Gasteiger partial charge in [0.2, 0.25) is 0 Å². The molecule has 7 heteroatoms. The predicted molar refractivity (Wildman–Crippen MR) is 126 cm³/mol. The maximum atomic E-state index is 11.3. The first-order valence-electron chi connectivity index (χ1n) is 10.3. The number of carboxylic acids is 1. The molecule has 2 heterocycles. The van der Waals surface area contributed by atoms with Crippen molar-refractivity contribution >= 4 is 39.9 Å². The summed E-state index contributed by atoms with van der Waals surface area (Å²) >= 11 is 8.22. The van der Waals surface area contributed by atoms with Crippen LogP contribution in [0.4, 0.5) is 10.9 Å². The molecule has 0 atom stereocenters. The molecule has 4 rings (SSSR count). The summed E-state index contributed by atoms with van der Waals surface area (Å²) in [6.45, 7) is 9.58. The number of hydrogen-bond donors (Lipinski definition) is 1. The fourth-order valence-corrected chi connectivity index (χ4v) is 5.59. The number of hydrogen-bond acceptors (Lipinski definition) is 5. The van der Waals surface area contributed by atoms with Crippen molar-refractivity contribution < 1.29 is 9.90 Å². The summed E-state index contributed by atoms with van der Waals surface area (Å²) in [4.78, 5) is 24.2. The van der Waals surface area contributed by atoms with Gasteiger partial charge in [0.05, 0.1) is 22.8 Å². The van der Waals surface area contributed by atoms with E-state index in [1.54, 1.807) is 11.3 Å². The summed E-state index contributed by atoms with van der Waals surface area (Å²) in [7, 11) is 0. The third kappa shape index (κ3) is 4.19. The van der Waals surface area contributed by atoms with Crippen molar-refractivity contribution in [1.29, 1.82) is 0 Å². The highest BCUT2D eigenvalue weighted by Crippen LogP contribution is 2.50. The first-order chi connectivity index (χ1) is 14.6. The highest BCUT2D eigenvalue weighted by atomic mass is 35.5. The summed E-state index contributed by atoms with van der Waals surface area (Å²) in [6, 6.07) is 11.5. The lowest BCUT2D eigenvalue weighted by atomic mass is 9.69. The molecule has 1 aliphatic rings. The van der Waals surface area contributed by atoms with Crippen LogP contribution in [0, 0.1) is 0 Å². The molecule has 0 spiro atoms. The zero-order valence-electron chi connectivity index (χ0n) is 18.1. The van der Waals surface area contributed by atoms with Crippen LogP contribution in [0.1, 0.15) is 67.0 Å². The Hall–Kier alpha value is -2.44. The van der Waals surface area contributed by atoms with Crippen LogP contribution in [0.25, 0.3) is 0 Å². The number of carboxylic acid groups (broad SMARTS) is 1. The van der Waals surface area contributed by atoms with Crippen LogP contribution in [0.15, 0.2) is 42.6 Å². The number of aromatic carboxylic acids is 1. The Kier molecular flexibility index (Phi) is 5.56. The summed E-state index contributed by atoms with van der Waals surface area (Å²) in [5, 5.41) is 10.4. The SMILES string of the molecule is CC1(C)CCC(C)(C)c2sc(N(Cc3ccccc3)c3ncc(C(=O)O)cc3Cl)nc21. The summed E-state index contributed by atoms with van der Waals surface area (Å²) < 4.78 is 0. The van der Waals surface area contributed by atoms with Gasteiger partial charge >= 0.3 is 5.97 Å². The van der Waals surface area contributed by atoms with Crippen LogP contribution >= 0.6 is 22.9 Å². The number of thiazole rings is 1. The molecule has 0 saturated heterocycles. The van der Waals surface area contributed by atoms with Crippen LogP contribution in [-0.4, -0.2) is 21.0 Å². The smallest absolute Gasteiger partial charge is 0.337 e. The predicted octanol–water partition coefficient (Wildman–Crippen LogP) is 6.58. The third-order valence-corrected chi connectivity index (χ3v) is 7.71. The van der Waals surface area contributed by atoms with Crippen molar-refractivity contribution in [1.82, 2.24) is 9.97 Å². The van der Waals surface area contributed by atoms with Gasteiger partial charge < -0.3 is 5.11 Å². The Morgan fingerprint density at radius 2 is 1.84 bits per heavy atom. The van der Waals surface area contributed by atoms with E-state index in [1.807, 2.05) is 35.2 Å². The number of aromatic nitrogens is 2. The van der Waals surface area contributed by atoms with Gasteiger partial charge in [-0.25, -0.2) is 14.8 Å². The van der Waals surface area contributed by atoms with Gasteiger partial charge in [0.25, 0.3) is 0 Å². The molecule has 0 unspecified atom stereocenters. The minimum Gasteiger partial charge on any atom is -0.478 e. The van der Waals surface area contributed by atoms with Gasteiger partial charge in [-0.2, -0.15) is 0 Å². The summed E-state index contributed by atoms with van der Waals surface area (Å²) in [6.07, 6.45) is 3.55. The van der Waals surface area contributed by atoms with Crippen LogP contribution in [0.5, 0.6) is 0 Å². The average Bonchev–Trinajstić information content (AvgIpc) is 3.19. The van der Waals surface area contributed by atoms with Crippen LogP contribution in [0.2, 0.25) is 5.02 Å². The monoisotopic (exact) mass is 455 g/mol. The number of carbonyl (C=O) groups is 1. The largest absolute Gasteiger partial charge is 0.478 e. The van der Waals surface area contributed by atoms with Crippen molar-refractivity contribution in [2.24, 2.45) is 0 Å². The first kappa shape index (κ1) is 21.8. The number of anilines is 2. The lowest BCUT2D eigenvalue weighted by molar-refractivity contribution is 0.0696. The van der Waals surface area contributed by atoms with E-state index in [9.17, 15) is 9.90 Å². The van der Waals surface area contributed by atoms with Gasteiger partial charge in [-0.15, -0.1) is 11.3 Å². The van der Waals surface area contributed by atoms with Crippen LogP contribution in [-0.2, 0) is 17.4 Å². The van der Waals surface area contributed by atoms with E-state index in [0.717, 1.165) is 29.2 Å². The third-order valence-electron chi connectivity index (χ3n) is 5.99. The number of rotatable bonds is 5. The van der Waals surface area contributed by atoms with Gasteiger partial charge in [-0.3, -0.25) is 4.90 Å². The van der Waals surface area contributed by atoms with E-state index in [4.69, 9.17) is 16.6 Å². The summed E-state index contributed by atoms with van der Waals surface area (Å²) in [5.41, 5.74) is 2.36. The van der Waals surface area contributed by atoms with Gasteiger partial charge in [-0.1, -0.05) is 69.6 Å². The van der Waals surface area contributed by atoms with Crippen molar-refractivity contribution in [3.8, 4) is 0 Å². The second kappa shape index (κ2) is 7.92. The van der Waals surface area contributed by atoms with E-state index in [-0.39, 0.29) is 16.4 Å². The molecule has 5 nitrogen and oxygen atoms in total. The zero-order chi connectivity index (χ0) is 22.4. The topological polar surface area (TPSA) is 66.3 Å². The fraction of sp³-hybridized carbons (Fsp3) is 0.375. The summed E-state index contributed by atoms with van der Waals surface area (Å²) in [5.74, 6) is -0.541. The molecular formula is C24H26ClN3O2S. The molecule has 0 saturated carbocycles. The normalized spacial score (nSPS) is 16.5. The van der Waals surface area contributed by atoms with E-state index in [2.05, 4.69) is 32.7 Å². The molecule has 0 radical (unpaired) electrons. The van der Waals surface area contributed by atoms with E-state index in [1.165, 1.54) is 17.1 Å². The molecule has 31 heavy (non-hydrogen) atoms. The number of pyridine rings is 1. The zero-order valence-corrected chi connectivity index (χ0v) is 19.7. The molecule has 162 valence electrons. The Balaban J connectivity index is 1.85. The quantitative estimate of drug-likeness (QED) is 0.470. The lowest BCUT2D eigenvalue weighted by Crippen LogP contribution is -2.32. The molecular weight excluding hydrogens is 430 g/mol. The fourth-order valence-electron chi connectivity index (χ4n) is 3.94. The Morgan fingerprint density at radius 3 is 2.45 bits per heavy atom. The molecule has 2 aromatic heterocycles. The molecule has 0 amide bonds. The minimum absolute atomic E-state index is 0.00239. The number of halogens is 1. The minimum atomic E-state index is -1.05. The average molecular weight is 456 g/mol. The van der Waals surface area contributed by atoms with Gasteiger partial charge in [0.1, 0.15) is 0 Å². The van der Waals surface area contributed by atoms with Gasteiger partial charge in [-0.05, 0) is 24.5 Å². The molecule has 1 aromatic carbocycles. The highest BCUT2D eigenvalue weighted by molar-refractivity contribution is 7.16. The molecule has 0 aliphatic heterocycles. The number of nitrogens with zero attached hydrogens (tertiary/aromatic N) is 3. The van der Waals surface area contributed by atoms with Crippen molar-refractivity contribution in [3.05, 3.63) is 69.3 Å².